The minimum absolute atomic E-state index is 0.459. The standard InChI is InChI=1S/C6H3BrClIN3P/c7-4-2-1-3-5(10-4)6(8)11-12(3)13-9/h1-2,13H. The van der Waals surface area contributed by atoms with Crippen molar-refractivity contribution in [3.8, 4) is 0 Å². The van der Waals surface area contributed by atoms with E-state index in [9.17, 15) is 0 Å². The molecule has 68 valence electrons. The number of fused-ring (bicyclic) bond motifs is 1. The third-order valence-corrected chi connectivity index (χ3v) is 4.10. The third-order valence-electron chi connectivity index (χ3n) is 1.53. The molecule has 0 aliphatic rings. The van der Waals surface area contributed by atoms with Crippen molar-refractivity contribution in [3.05, 3.63) is 21.9 Å². The molecule has 0 radical (unpaired) electrons. The minimum Gasteiger partial charge on any atom is -0.236 e. The lowest BCUT2D eigenvalue weighted by Gasteiger charge is -1.94. The summed E-state index contributed by atoms with van der Waals surface area (Å²) in [6.07, 6.45) is 0.537. The van der Waals surface area contributed by atoms with Crippen molar-refractivity contribution >= 4 is 67.0 Å². The van der Waals surface area contributed by atoms with E-state index in [0.29, 0.717) is 11.5 Å². The van der Waals surface area contributed by atoms with E-state index in [2.05, 4.69) is 48.1 Å². The van der Waals surface area contributed by atoms with E-state index in [-0.39, 0.29) is 0 Å². The van der Waals surface area contributed by atoms with Crippen LogP contribution in [-0.4, -0.2) is 14.5 Å². The Morgan fingerprint density at radius 1 is 1.54 bits per heavy atom. The van der Waals surface area contributed by atoms with Gasteiger partial charge in [-0.1, -0.05) is 11.6 Å². The van der Waals surface area contributed by atoms with Gasteiger partial charge in [0.15, 0.2) is 5.15 Å². The zero-order valence-corrected chi connectivity index (χ0v) is 11.6. The number of hydrogen-bond donors (Lipinski definition) is 0. The maximum absolute atomic E-state index is 5.91. The number of pyridine rings is 1. The number of hydrogen-bond acceptors (Lipinski definition) is 2. The Balaban J connectivity index is 2.80. The maximum Gasteiger partial charge on any atom is 0.177 e. The van der Waals surface area contributed by atoms with E-state index < -0.39 is 0 Å². The molecule has 2 rings (SSSR count). The van der Waals surface area contributed by atoms with Crippen molar-refractivity contribution in [2.24, 2.45) is 0 Å². The van der Waals surface area contributed by atoms with E-state index in [1.54, 1.807) is 0 Å². The van der Waals surface area contributed by atoms with Crippen molar-refractivity contribution < 1.29 is 0 Å². The molecule has 0 amide bonds. The van der Waals surface area contributed by atoms with Crippen LogP contribution in [0.1, 0.15) is 0 Å². The summed E-state index contributed by atoms with van der Waals surface area (Å²) < 4.78 is 2.62. The predicted molar refractivity (Wildman–Crippen MR) is 68.0 cm³/mol. The van der Waals surface area contributed by atoms with Gasteiger partial charge in [0.1, 0.15) is 10.1 Å². The quantitative estimate of drug-likeness (QED) is 0.423. The molecule has 0 aromatic carbocycles. The van der Waals surface area contributed by atoms with Gasteiger partial charge in [-0.25, -0.2) is 9.44 Å². The van der Waals surface area contributed by atoms with Gasteiger partial charge in [-0.15, -0.1) is 0 Å². The largest absolute Gasteiger partial charge is 0.236 e. The molecular weight excluding hydrogens is 387 g/mol. The highest BCUT2D eigenvalue weighted by Crippen LogP contribution is 2.31. The highest BCUT2D eigenvalue weighted by Gasteiger charge is 2.09. The van der Waals surface area contributed by atoms with Crippen LogP contribution in [0.2, 0.25) is 5.15 Å². The normalized spacial score (nSPS) is 11.9. The number of halogens is 3. The fourth-order valence-corrected chi connectivity index (χ4v) is 3.10. The summed E-state index contributed by atoms with van der Waals surface area (Å²) in [6.45, 7) is 0. The molecule has 2 aromatic rings. The second-order valence-corrected chi connectivity index (χ2v) is 5.50. The van der Waals surface area contributed by atoms with Crippen LogP contribution in [0.25, 0.3) is 11.0 Å². The monoisotopic (exact) mass is 389 g/mol. The van der Waals surface area contributed by atoms with Crippen LogP contribution in [0, 0.1) is 0 Å². The average Bonchev–Trinajstić information content (AvgIpc) is 2.43. The second kappa shape index (κ2) is 3.96. The summed E-state index contributed by atoms with van der Waals surface area (Å²) in [4.78, 5) is 4.25. The first-order chi connectivity index (χ1) is 6.22. The van der Waals surface area contributed by atoms with Crippen LogP contribution in [0.5, 0.6) is 0 Å². The van der Waals surface area contributed by atoms with Crippen LogP contribution in [0.15, 0.2) is 16.7 Å². The predicted octanol–water partition coefficient (Wildman–Crippen LogP) is 3.64. The van der Waals surface area contributed by atoms with Crippen molar-refractivity contribution in [1.29, 1.82) is 0 Å². The Kier molecular flexibility index (Phi) is 3.07. The summed E-state index contributed by atoms with van der Waals surface area (Å²) >= 11 is 11.5. The molecule has 1 unspecified atom stereocenters. The molecule has 2 heterocycles. The molecule has 13 heavy (non-hydrogen) atoms. The zero-order chi connectivity index (χ0) is 9.42. The van der Waals surface area contributed by atoms with Crippen LogP contribution >= 0.6 is 55.9 Å². The molecule has 1 atom stereocenters. The van der Waals surface area contributed by atoms with Gasteiger partial charge < -0.3 is 0 Å². The summed E-state index contributed by atoms with van der Waals surface area (Å²) in [5, 5.41) is 4.61. The van der Waals surface area contributed by atoms with Crippen LogP contribution in [-0.2, 0) is 0 Å². The van der Waals surface area contributed by atoms with Crippen molar-refractivity contribution in [3.63, 3.8) is 0 Å². The Morgan fingerprint density at radius 3 is 3.00 bits per heavy atom. The first-order valence-corrected chi connectivity index (χ1v) is 8.53. The fourth-order valence-electron chi connectivity index (χ4n) is 1.00. The topological polar surface area (TPSA) is 30.7 Å². The molecule has 0 fully saturated rings. The molecule has 0 saturated heterocycles. The van der Waals surface area contributed by atoms with Gasteiger partial charge >= 0.3 is 0 Å². The summed E-state index contributed by atoms with van der Waals surface area (Å²) in [6, 6.07) is 3.84. The molecule has 0 aliphatic heterocycles. The fraction of sp³-hybridized carbons (Fsp3) is 0. The summed E-state index contributed by atoms with van der Waals surface area (Å²) in [5.74, 6) is 0. The lowest BCUT2D eigenvalue weighted by atomic mass is 10.4. The molecule has 0 spiro atoms. The Hall–Kier alpha value is 0.550. The molecule has 3 nitrogen and oxygen atoms in total. The average molecular weight is 390 g/mol. The Morgan fingerprint density at radius 2 is 2.31 bits per heavy atom. The smallest absolute Gasteiger partial charge is 0.177 e. The van der Waals surface area contributed by atoms with E-state index >= 15 is 0 Å². The Labute approximate surface area is 103 Å². The minimum atomic E-state index is 0.459. The van der Waals surface area contributed by atoms with Crippen molar-refractivity contribution in [1.82, 2.24) is 14.5 Å². The SMILES string of the molecule is Clc1nn(PI)c2ccc(Br)nc12. The van der Waals surface area contributed by atoms with E-state index in [0.717, 1.165) is 15.6 Å². The lowest BCUT2D eigenvalue weighted by molar-refractivity contribution is 1.04. The molecular formula is C6H3BrClIN3P. The molecule has 0 bridgehead atoms. The van der Waals surface area contributed by atoms with Gasteiger partial charge in [0.05, 0.1) is 11.9 Å². The van der Waals surface area contributed by atoms with E-state index in [1.165, 1.54) is 0 Å². The van der Waals surface area contributed by atoms with Crippen LogP contribution in [0.3, 0.4) is 0 Å². The zero-order valence-electron chi connectivity index (χ0n) is 6.13. The van der Waals surface area contributed by atoms with Crippen molar-refractivity contribution in [2.75, 3.05) is 0 Å². The van der Waals surface area contributed by atoms with Gasteiger partial charge in [0.25, 0.3) is 0 Å². The molecule has 0 aliphatic carbocycles. The molecule has 2 aromatic heterocycles. The number of aromatic nitrogens is 3. The van der Waals surface area contributed by atoms with Gasteiger partial charge in [-0.3, -0.25) is 0 Å². The summed E-state index contributed by atoms with van der Waals surface area (Å²) in [7, 11) is 0. The van der Waals surface area contributed by atoms with Crippen molar-refractivity contribution in [2.45, 2.75) is 0 Å². The maximum atomic E-state index is 5.91. The lowest BCUT2D eigenvalue weighted by Crippen LogP contribution is -1.82. The highest BCUT2D eigenvalue weighted by molar-refractivity contribution is 14.2. The Bertz CT molecular complexity index is 460. The van der Waals surface area contributed by atoms with E-state index in [1.807, 2.05) is 16.6 Å². The first kappa shape index (κ1) is 10.1. The second-order valence-electron chi connectivity index (χ2n) is 2.29. The first-order valence-electron chi connectivity index (χ1n) is 3.30. The van der Waals surface area contributed by atoms with Gasteiger partial charge in [0, 0.05) is 0 Å². The van der Waals surface area contributed by atoms with Crippen LogP contribution in [0.4, 0.5) is 0 Å². The van der Waals surface area contributed by atoms with Crippen LogP contribution < -0.4 is 0 Å². The molecule has 0 saturated carbocycles. The number of nitrogens with zero attached hydrogens (tertiary/aromatic N) is 3. The van der Waals surface area contributed by atoms with E-state index in [4.69, 9.17) is 11.6 Å². The summed E-state index contributed by atoms with van der Waals surface area (Å²) in [5.41, 5.74) is 1.72. The molecule has 7 heteroatoms. The number of rotatable bonds is 1. The van der Waals surface area contributed by atoms with Gasteiger partial charge in [-0.2, -0.15) is 5.10 Å². The van der Waals surface area contributed by atoms with Gasteiger partial charge in [0.2, 0.25) is 0 Å². The third kappa shape index (κ3) is 1.84. The molecule has 0 N–H and O–H groups in total. The highest BCUT2D eigenvalue weighted by atomic mass is 127. The van der Waals surface area contributed by atoms with Gasteiger partial charge in [-0.05, 0) is 50.1 Å².